The lowest BCUT2D eigenvalue weighted by Crippen LogP contribution is -2.34. The van der Waals surface area contributed by atoms with Gasteiger partial charge in [0.1, 0.15) is 5.60 Å². The normalized spacial score (nSPS) is 11.0. The zero-order valence-electron chi connectivity index (χ0n) is 13.1. The number of amides is 1. The van der Waals surface area contributed by atoms with Gasteiger partial charge in [0.25, 0.3) is 0 Å². The van der Waals surface area contributed by atoms with Crippen molar-refractivity contribution in [1.29, 1.82) is 0 Å². The van der Waals surface area contributed by atoms with E-state index in [1.54, 1.807) is 20.8 Å². The molecule has 12 nitrogen and oxygen atoms in total. The first-order chi connectivity index (χ1) is 10.9. The summed E-state index contributed by atoms with van der Waals surface area (Å²) < 4.78 is 5.60. The fourth-order valence-corrected chi connectivity index (χ4v) is 1.72. The molecule has 0 atom stereocenters. The van der Waals surface area contributed by atoms with Gasteiger partial charge in [-0.15, -0.1) is 0 Å². The van der Waals surface area contributed by atoms with Crippen molar-refractivity contribution in [1.82, 2.24) is 15.1 Å². The maximum Gasteiger partial charge on any atom is 0.407 e. The van der Waals surface area contributed by atoms with Gasteiger partial charge >= 0.3 is 23.7 Å². The first kappa shape index (κ1) is 18.9. The highest BCUT2D eigenvalue weighted by Gasteiger charge is 2.35. The molecule has 0 spiro atoms. The van der Waals surface area contributed by atoms with Gasteiger partial charge in [0, 0.05) is 6.54 Å². The highest BCUT2D eigenvalue weighted by Crippen LogP contribution is 2.23. The molecule has 0 bridgehead atoms. The lowest BCUT2D eigenvalue weighted by atomic mass is 10.2. The molecular formula is C12H16N4O8. The fourth-order valence-electron chi connectivity index (χ4n) is 1.72. The Kier molecular flexibility index (Phi) is 5.45. The predicted octanol–water partition coefficient (Wildman–Crippen LogP) is 0.712. The van der Waals surface area contributed by atoms with Crippen molar-refractivity contribution in [2.45, 2.75) is 32.9 Å². The van der Waals surface area contributed by atoms with Crippen LogP contribution in [-0.2, 0) is 11.3 Å². The lowest BCUT2D eigenvalue weighted by Gasteiger charge is -2.19. The quantitative estimate of drug-likeness (QED) is 0.495. The summed E-state index contributed by atoms with van der Waals surface area (Å²) in [6.45, 7) is 4.46. The Bertz CT molecular complexity index is 688. The molecule has 1 aromatic heterocycles. The zero-order valence-corrected chi connectivity index (χ0v) is 13.1. The van der Waals surface area contributed by atoms with E-state index in [1.165, 1.54) is 0 Å². The van der Waals surface area contributed by atoms with Crippen molar-refractivity contribution < 1.29 is 34.3 Å². The standard InChI is InChI=1S/C12H16N4O8/c1-12(2,3)24-11(21)13-4-5-15-8(10(19)20)7(16(22)23)6(14-15)9(17)18/h4-5H2,1-3H3,(H,13,21)(H,17,18)(H,19,20). The lowest BCUT2D eigenvalue weighted by molar-refractivity contribution is -0.385. The number of hydrogen-bond donors (Lipinski definition) is 3. The van der Waals surface area contributed by atoms with Gasteiger partial charge in [-0.3, -0.25) is 10.1 Å². The van der Waals surface area contributed by atoms with Gasteiger partial charge in [-0.2, -0.15) is 5.10 Å². The number of carboxylic acids is 2. The van der Waals surface area contributed by atoms with Crippen LogP contribution in [0, 0.1) is 10.1 Å². The monoisotopic (exact) mass is 344 g/mol. The number of aromatic nitrogens is 2. The van der Waals surface area contributed by atoms with Gasteiger partial charge in [0.05, 0.1) is 11.5 Å². The Labute approximate surface area is 135 Å². The minimum absolute atomic E-state index is 0.174. The van der Waals surface area contributed by atoms with Crippen LogP contribution >= 0.6 is 0 Å². The number of nitrogens with zero attached hydrogens (tertiary/aromatic N) is 3. The molecule has 24 heavy (non-hydrogen) atoms. The average molecular weight is 344 g/mol. The van der Waals surface area contributed by atoms with Crippen LogP contribution in [0.1, 0.15) is 41.7 Å². The molecule has 1 rings (SSSR count). The largest absolute Gasteiger partial charge is 0.476 e. The van der Waals surface area contributed by atoms with Crippen molar-refractivity contribution in [3.8, 4) is 0 Å². The number of carbonyl (C=O) groups is 3. The number of ether oxygens (including phenoxy) is 1. The van der Waals surface area contributed by atoms with E-state index in [1.807, 2.05) is 0 Å². The summed E-state index contributed by atoms with van der Waals surface area (Å²) in [5.74, 6) is -3.44. The molecular weight excluding hydrogens is 328 g/mol. The van der Waals surface area contributed by atoms with E-state index in [2.05, 4.69) is 10.4 Å². The molecule has 0 radical (unpaired) electrons. The van der Waals surface area contributed by atoms with Gasteiger partial charge in [0.2, 0.25) is 11.4 Å². The topological polar surface area (TPSA) is 174 Å². The third-order valence-corrected chi connectivity index (χ3v) is 2.51. The van der Waals surface area contributed by atoms with Crippen LogP contribution in [0.3, 0.4) is 0 Å². The maximum atomic E-state index is 11.5. The van der Waals surface area contributed by atoms with Crippen molar-refractivity contribution in [3.63, 3.8) is 0 Å². The van der Waals surface area contributed by atoms with Crippen LogP contribution in [0.25, 0.3) is 0 Å². The molecule has 1 amide bonds. The highest BCUT2D eigenvalue weighted by atomic mass is 16.6. The Morgan fingerprint density at radius 1 is 1.29 bits per heavy atom. The van der Waals surface area contributed by atoms with Gasteiger partial charge in [0.15, 0.2) is 0 Å². The Morgan fingerprint density at radius 3 is 2.29 bits per heavy atom. The molecule has 0 aliphatic carbocycles. The number of aromatic carboxylic acids is 2. The molecule has 1 aromatic rings. The fraction of sp³-hybridized carbons (Fsp3) is 0.500. The molecule has 132 valence electrons. The molecule has 0 unspecified atom stereocenters. The number of carbonyl (C=O) groups excluding carboxylic acids is 1. The second-order valence-electron chi connectivity index (χ2n) is 5.57. The van der Waals surface area contributed by atoms with Crippen molar-refractivity contribution in [2.75, 3.05) is 6.54 Å². The maximum absolute atomic E-state index is 11.5. The second-order valence-corrected chi connectivity index (χ2v) is 5.57. The van der Waals surface area contributed by atoms with Crippen molar-refractivity contribution in [3.05, 3.63) is 21.5 Å². The van der Waals surface area contributed by atoms with Crippen LogP contribution in [0.5, 0.6) is 0 Å². The van der Waals surface area contributed by atoms with Gasteiger partial charge in [-0.1, -0.05) is 0 Å². The smallest absolute Gasteiger partial charge is 0.407 e. The van der Waals surface area contributed by atoms with E-state index in [9.17, 15) is 24.5 Å². The first-order valence-electron chi connectivity index (χ1n) is 6.62. The van der Waals surface area contributed by atoms with E-state index in [0.717, 1.165) is 0 Å². The Morgan fingerprint density at radius 2 is 1.88 bits per heavy atom. The first-order valence-corrected chi connectivity index (χ1v) is 6.62. The summed E-state index contributed by atoms with van der Waals surface area (Å²) >= 11 is 0. The molecule has 0 aromatic carbocycles. The number of rotatable bonds is 6. The number of carboxylic acid groups (broad SMARTS) is 2. The third kappa shape index (κ3) is 4.66. The molecule has 0 saturated heterocycles. The molecule has 3 N–H and O–H groups in total. The summed E-state index contributed by atoms with van der Waals surface area (Å²) in [6, 6.07) is 0. The number of nitrogens with one attached hydrogen (secondary N) is 1. The summed E-state index contributed by atoms with van der Waals surface area (Å²) in [7, 11) is 0. The number of hydrogen-bond acceptors (Lipinski definition) is 7. The van der Waals surface area contributed by atoms with Crippen molar-refractivity contribution in [2.24, 2.45) is 0 Å². The van der Waals surface area contributed by atoms with Gasteiger partial charge < -0.3 is 20.3 Å². The van der Waals surface area contributed by atoms with Crippen LogP contribution in [0.15, 0.2) is 0 Å². The van der Waals surface area contributed by atoms with Crippen LogP contribution in [-0.4, -0.2) is 55.1 Å². The van der Waals surface area contributed by atoms with E-state index in [4.69, 9.17) is 14.9 Å². The predicted molar refractivity (Wildman–Crippen MR) is 77.0 cm³/mol. The summed E-state index contributed by atoms with van der Waals surface area (Å²) in [6.07, 6.45) is -0.778. The van der Waals surface area contributed by atoms with Crippen molar-refractivity contribution >= 4 is 23.7 Å². The van der Waals surface area contributed by atoms with E-state index >= 15 is 0 Å². The average Bonchev–Trinajstić information content (AvgIpc) is 2.76. The second kappa shape index (κ2) is 6.93. The van der Waals surface area contributed by atoms with E-state index in [-0.39, 0.29) is 13.1 Å². The molecule has 0 aliphatic rings. The molecule has 12 heteroatoms. The zero-order chi connectivity index (χ0) is 18.7. The Hall–Kier alpha value is -3.18. The SMILES string of the molecule is CC(C)(C)OC(=O)NCCn1nc(C(=O)O)c([N+](=O)[O-])c1C(=O)O. The van der Waals surface area contributed by atoms with Crippen LogP contribution < -0.4 is 5.32 Å². The minimum Gasteiger partial charge on any atom is -0.476 e. The van der Waals surface area contributed by atoms with Crippen LogP contribution in [0.4, 0.5) is 10.5 Å². The third-order valence-electron chi connectivity index (χ3n) is 2.51. The summed E-state index contributed by atoms with van der Waals surface area (Å²) in [4.78, 5) is 43.5. The number of nitro groups is 1. The molecule has 1 heterocycles. The van der Waals surface area contributed by atoms with E-state index < -0.39 is 45.6 Å². The Balaban J connectivity index is 2.98. The van der Waals surface area contributed by atoms with Gasteiger partial charge in [-0.25, -0.2) is 19.1 Å². The summed E-state index contributed by atoms with van der Waals surface area (Å²) in [5.41, 5.74) is -3.73. The number of alkyl carbamates (subject to hydrolysis) is 1. The molecule has 0 saturated carbocycles. The van der Waals surface area contributed by atoms with Gasteiger partial charge in [-0.05, 0) is 20.8 Å². The highest BCUT2D eigenvalue weighted by molar-refractivity contribution is 5.98. The molecule has 0 aliphatic heterocycles. The summed E-state index contributed by atoms with van der Waals surface area (Å²) in [5, 5.41) is 34.7. The van der Waals surface area contributed by atoms with E-state index in [0.29, 0.717) is 4.68 Å². The minimum atomic E-state index is -1.73. The van der Waals surface area contributed by atoms with Crippen LogP contribution in [0.2, 0.25) is 0 Å². The molecule has 0 fully saturated rings.